The molecule has 19 heavy (non-hydrogen) atoms. The van der Waals surface area contributed by atoms with Crippen molar-refractivity contribution < 1.29 is 4.79 Å². The van der Waals surface area contributed by atoms with E-state index in [4.69, 9.17) is 23.2 Å². The zero-order valence-corrected chi connectivity index (χ0v) is 11.1. The first-order chi connectivity index (χ1) is 9.18. The molecule has 1 aromatic heterocycles. The number of amides is 1. The van der Waals surface area contributed by atoms with E-state index in [1.165, 1.54) is 24.8 Å². The molecule has 0 saturated carbocycles. The molecule has 5 nitrogen and oxygen atoms in total. The highest BCUT2D eigenvalue weighted by Crippen LogP contribution is 2.21. The van der Waals surface area contributed by atoms with Crippen molar-refractivity contribution in [2.75, 3.05) is 0 Å². The van der Waals surface area contributed by atoms with Gasteiger partial charge >= 0.3 is 0 Å². The molecule has 0 aliphatic carbocycles. The van der Waals surface area contributed by atoms with Crippen LogP contribution in [0, 0.1) is 0 Å². The van der Waals surface area contributed by atoms with Crippen LogP contribution in [0.3, 0.4) is 0 Å². The number of hydrazone groups is 1. The van der Waals surface area contributed by atoms with Crippen molar-refractivity contribution in [3.63, 3.8) is 0 Å². The lowest BCUT2D eigenvalue weighted by atomic mass is 10.2. The topological polar surface area (TPSA) is 67.2 Å². The predicted octanol–water partition coefficient (Wildman–Crippen LogP) is 2.55. The van der Waals surface area contributed by atoms with Gasteiger partial charge in [-0.2, -0.15) is 5.10 Å². The SMILES string of the molecule is O=C(N/N=C/c1c(Cl)cccc1Cl)c1cnccn1. The third-order valence-electron chi connectivity index (χ3n) is 2.16. The van der Waals surface area contributed by atoms with E-state index in [1.807, 2.05) is 0 Å². The van der Waals surface area contributed by atoms with Crippen molar-refractivity contribution >= 4 is 35.3 Å². The van der Waals surface area contributed by atoms with Crippen LogP contribution in [-0.2, 0) is 0 Å². The Bertz CT molecular complexity index is 596. The first kappa shape index (κ1) is 13.5. The summed E-state index contributed by atoms with van der Waals surface area (Å²) < 4.78 is 0. The van der Waals surface area contributed by atoms with E-state index in [2.05, 4.69) is 20.5 Å². The highest BCUT2D eigenvalue weighted by Gasteiger charge is 2.05. The number of hydrogen-bond acceptors (Lipinski definition) is 4. The summed E-state index contributed by atoms with van der Waals surface area (Å²) in [5, 5.41) is 4.68. The number of halogens is 2. The van der Waals surface area contributed by atoms with Crippen LogP contribution < -0.4 is 5.43 Å². The summed E-state index contributed by atoms with van der Waals surface area (Å²) in [5.74, 6) is -0.465. The molecule has 0 spiro atoms. The number of carbonyl (C=O) groups is 1. The molecule has 0 fully saturated rings. The fraction of sp³-hybridized carbons (Fsp3) is 0. The maximum Gasteiger partial charge on any atom is 0.291 e. The van der Waals surface area contributed by atoms with Gasteiger partial charge in [0.15, 0.2) is 0 Å². The molecule has 1 N–H and O–H groups in total. The molecule has 0 aliphatic rings. The van der Waals surface area contributed by atoms with E-state index < -0.39 is 5.91 Å². The van der Waals surface area contributed by atoms with Gasteiger partial charge in [-0.1, -0.05) is 29.3 Å². The van der Waals surface area contributed by atoms with E-state index in [0.717, 1.165) is 0 Å². The second kappa shape index (κ2) is 6.26. The van der Waals surface area contributed by atoms with Crippen LogP contribution in [0.25, 0.3) is 0 Å². The molecule has 0 unspecified atom stereocenters. The molecule has 0 bridgehead atoms. The van der Waals surface area contributed by atoms with E-state index in [0.29, 0.717) is 15.6 Å². The summed E-state index contributed by atoms with van der Waals surface area (Å²) in [6.45, 7) is 0. The predicted molar refractivity (Wildman–Crippen MR) is 73.6 cm³/mol. The van der Waals surface area contributed by atoms with Gasteiger partial charge in [0.2, 0.25) is 0 Å². The van der Waals surface area contributed by atoms with E-state index in [9.17, 15) is 4.79 Å². The first-order valence-electron chi connectivity index (χ1n) is 5.22. The lowest BCUT2D eigenvalue weighted by Crippen LogP contribution is -2.19. The van der Waals surface area contributed by atoms with Gasteiger partial charge in [0.05, 0.1) is 22.5 Å². The van der Waals surface area contributed by atoms with Crippen LogP contribution in [0.2, 0.25) is 10.0 Å². The van der Waals surface area contributed by atoms with Gasteiger partial charge in [-0.3, -0.25) is 9.78 Å². The fourth-order valence-corrected chi connectivity index (χ4v) is 1.76. The zero-order valence-electron chi connectivity index (χ0n) is 9.55. The Morgan fingerprint density at radius 3 is 2.63 bits per heavy atom. The minimum Gasteiger partial charge on any atom is -0.265 e. The summed E-state index contributed by atoms with van der Waals surface area (Å²) in [7, 11) is 0. The molecular formula is C12H8Cl2N4O. The Kier molecular flexibility index (Phi) is 4.43. The molecule has 7 heteroatoms. The Morgan fingerprint density at radius 2 is 2.00 bits per heavy atom. The summed E-state index contributed by atoms with van der Waals surface area (Å²) in [5.41, 5.74) is 3.02. The Hall–Kier alpha value is -1.98. The van der Waals surface area contributed by atoms with Crippen LogP contribution in [0.5, 0.6) is 0 Å². The lowest BCUT2D eigenvalue weighted by molar-refractivity contribution is 0.0949. The fourth-order valence-electron chi connectivity index (χ4n) is 1.26. The quantitative estimate of drug-likeness (QED) is 0.699. The average Bonchev–Trinajstić information content (AvgIpc) is 2.43. The molecule has 0 aliphatic heterocycles. The van der Waals surface area contributed by atoms with Crippen LogP contribution in [0.4, 0.5) is 0 Å². The molecule has 2 aromatic rings. The average molecular weight is 295 g/mol. The van der Waals surface area contributed by atoms with Crippen LogP contribution in [0.1, 0.15) is 16.1 Å². The van der Waals surface area contributed by atoms with Gasteiger partial charge in [-0.25, -0.2) is 10.4 Å². The number of benzene rings is 1. The van der Waals surface area contributed by atoms with Crippen molar-refractivity contribution in [2.24, 2.45) is 5.10 Å². The first-order valence-corrected chi connectivity index (χ1v) is 5.97. The number of hydrogen-bond donors (Lipinski definition) is 1. The molecular weight excluding hydrogens is 287 g/mol. The van der Waals surface area contributed by atoms with Crippen molar-refractivity contribution in [3.8, 4) is 0 Å². The highest BCUT2D eigenvalue weighted by molar-refractivity contribution is 6.38. The van der Waals surface area contributed by atoms with E-state index >= 15 is 0 Å². The maximum atomic E-state index is 11.6. The largest absolute Gasteiger partial charge is 0.291 e. The molecule has 0 saturated heterocycles. The van der Waals surface area contributed by atoms with Gasteiger partial charge in [-0.05, 0) is 12.1 Å². The van der Waals surface area contributed by atoms with Gasteiger partial charge in [0, 0.05) is 18.0 Å². The summed E-state index contributed by atoms with van der Waals surface area (Å²) in [6.07, 6.45) is 5.61. The number of aromatic nitrogens is 2. The smallest absolute Gasteiger partial charge is 0.265 e. The molecule has 1 aromatic carbocycles. The second-order valence-corrected chi connectivity index (χ2v) is 4.24. The number of rotatable bonds is 3. The van der Waals surface area contributed by atoms with Crippen LogP contribution >= 0.6 is 23.2 Å². The molecule has 2 rings (SSSR count). The lowest BCUT2D eigenvalue weighted by Gasteiger charge is -2.01. The van der Waals surface area contributed by atoms with Gasteiger partial charge in [-0.15, -0.1) is 0 Å². The van der Waals surface area contributed by atoms with Crippen molar-refractivity contribution in [1.29, 1.82) is 0 Å². The monoisotopic (exact) mass is 294 g/mol. The molecule has 96 valence electrons. The molecule has 1 amide bonds. The summed E-state index contributed by atoms with van der Waals surface area (Å²) in [4.78, 5) is 19.2. The van der Waals surface area contributed by atoms with E-state index in [1.54, 1.807) is 18.2 Å². The normalized spacial score (nSPS) is 10.6. The number of nitrogens with zero attached hydrogens (tertiary/aromatic N) is 3. The van der Waals surface area contributed by atoms with Crippen LogP contribution in [-0.4, -0.2) is 22.1 Å². The van der Waals surface area contributed by atoms with Crippen molar-refractivity contribution in [1.82, 2.24) is 15.4 Å². The minimum atomic E-state index is -0.465. The van der Waals surface area contributed by atoms with Gasteiger partial charge in [0.1, 0.15) is 5.69 Å². The van der Waals surface area contributed by atoms with Crippen molar-refractivity contribution in [3.05, 3.63) is 58.1 Å². The third-order valence-corrected chi connectivity index (χ3v) is 2.81. The zero-order chi connectivity index (χ0) is 13.7. The molecule has 0 radical (unpaired) electrons. The van der Waals surface area contributed by atoms with E-state index in [-0.39, 0.29) is 5.69 Å². The Morgan fingerprint density at radius 1 is 1.26 bits per heavy atom. The third kappa shape index (κ3) is 3.49. The molecule has 1 heterocycles. The van der Waals surface area contributed by atoms with Crippen LogP contribution in [0.15, 0.2) is 41.9 Å². The Balaban J connectivity index is 2.07. The minimum absolute atomic E-state index is 0.171. The highest BCUT2D eigenvalue weighted by atomic mass is 35.5. The number of nitrogens with one attached hydrogen (secondary N) is 1. The summed E-state index contributed by atoms with van der Waals surface area (Å²) >= 11 is 11.9. The maximum absolute atomic E-state index is 11.6. The Labute approximate surface area is 119 Å². The van der Waals surface area contributed by atoms with Gasteiger partial charge < -0.3 is 0 Å². The second-order valence-electron chi connectivity index (χ2n) is 3.43. The summed E-state index contributed by atoms with van der Waals surface area (Å²) in [6, 6.07) is 5.08. The molecule has 0 atom stereocenters. The number of carbonyl (C=O) groups excluding carboxylic acids is 1. The standard InChI is InChI=1S/C12H8Cl2N4O/c13-9-2-1-3-10(14)8(9)6-17-18-12(19)11-7-15-4-5-16-11/h1-7H,(H,18,19)/b17-6+. The van der Waals surface area contributed by atoms with Crippen molar-refractivity contribution in [2.45, 2.75) is 0 Å². The van der Waals surface area contributed by atoms with Gasteiger partial charge in [0.25, 0.3) is 5.91 Å².